The first kappa shape index (κ1) is 9.95. The SMILES string of the molecule is N#C[C@H](N)c1cc(O)ccc1[N+](=O)[O-]. The zero-order chi connectivity index (χ0) is 10.7. The number of nitro groups is 1. The van der Waals surface area contributed by atoms with Gasteiger partial charge in [-0.3, -0.25) is 10.1 Å². The maximum atomic E-state index is 10.5. The van der Waals surface area contributed by atoms with Crippen LogP contribution in [-0.4, -0.2) is 10.0 Å². The molecule has 6 heteroatoms. The smallest absolute Gasteiger partial charge is 0.275 e. The van der Waals surface area contributed by atoms with Crippen LogP contribution in [0.1, 0.15) is 11.6 Å². The quantitative estimate of drug-likeness (QED) is 0.533. The molecule has 6 nitrogen and oxygen atoms in total. The third-order valence-corrected chi connectivity index (χ3v) is 1.68. The number of phenols is 1. The van der Waals surface area contributed by atoms with Crippen LogP contribution in [0.25, 0.3) is 0 Å². The Hall–Kier alpha value is -2.13. The molecule has 0 aromatic heterocycles. The number of nitro benzene ring substituents is 1. The van der Waals surface area contributed by atoms with Crippen LogP contribution >= 0.6 is 0 Å². The Morgan fingerprint density at radius 2 is 2.29 bits per heavy atom. The van der Waals surface area contributed by atoms with Crippen molar-refractivity contribution in [1.82, 2.24) is 0 Å². The number of hydrogen-bond donors (Lipinski definition) is 2. The van der Waals surface area contributed by atoms with Gasteiger partial charge < -0.3 is 10.8 Å². The highest BCUT2D eigenvalue weighted by atomic mass is 16.6. The molecule has 0 aliphatic carbocycles. The molecule has 3 N–H and O–H groups in total. The summed E-state index contributed by atoms with van der Waals surface area (Å²) >= 11 is 0. The Bertz CT molecular complexity index is 411. The van der Waals surface area contributed by atoms with Crippen LogP contribution in [0.5, 0.6) is 5.75 Å². The average Bonchev–Trinajstić information content (AvgIpc) is 2.16. The first-order valence-electron chi connectivity index (χ1n) is 3.68. The van der Waals surface area contributed by atoms with Gasteiger partial charge in [0.1, 0.15) is 11.8 Å². The third kappa shape index (κ3) is 1.78. The highest BCUT2D eigenvalue weighted by Crippen LogP contribution is 2.27. The van der Waals surface area contributed by atoms with Gasteiger partial charge in [0.2, 0.25) is 0 Å². The molecule has 0 spiro atoms. The molecule has 0 aliphatic rings. The van der Waals surface area contributed by atoms with Crippen LogP contribution in [-0.2, 0) is 0 Å². The Morgan fingerprint density at radius 1 is 1.64 bits per heavy atom. The number of nitrogens with two attached hydrogens (primary N) is 1. The largest absolute Gasteiger partial charge is 0.508 e. The van der Waals surface area contributed by atoms with Gasteiger partial charge in [-0.25, -0.2) is 0 Å². The van der Waals surface area contributed by atoms with Crippen molar-refractivity contribution in [3.63, 3.8) is 0 Å². The van der Waals surface area contributed by atoms with Gasteiger partial charge in [-0.15, -0.1) is 0 Å². The molecule has 0 saturated heterocycles. The highest BCUT2D eigenvalue weighted by molar-refractivity contribution is 5.48. The van der Waals surface area contributed by atoms with Gasteiger partial charge in [0, 0.05) is 6.07 Å². The fourth-order valence-electron chi connectivity index (χ4n) is 1.03. The van der Waals surface area contributed by atoms with Gasteiger partial charge in [0.05, 0.1) is 16.6 Å². The van der Waals surface area contributed by atoms with E-state index in [0.29, 0.717) is 0 Å². The number of nitriles is 1. The van der Waals surface area contributed by atoms with E-state index in [0.717, 1.165) is 12.1 Å². The van der Waals surface area contributed by atoms with Crippen LogP contribution < -0.4 is 5.73 Å². The fraction of sp³-hybridized carbons (Fsp3) is 0.125. The lowest BCUT2D eigenvalue weighted by atomic mass is 10.1. The maximum Gasteiger partial charge on any atom is 0.275 e. The lowest BCUT2D eigenvalue weighted by Gasteiger charge is -2.04. The van der Waals surface area contributed by atoms with Gasteiger partial charge in [0.15, 0.2) is 0 Å². The minimum Gasteiger partial charge on any atom is -0.508 e. The van der Waals surface area contributed by atoms with E-state index in [1.807, 2.05) is 0 Å². The molecule has 14 heavy (non-hydrogen) atoms. The lowest BCUT2D eigenvalue weighted by Crippen LogP contribution is -2.09. The van der Waals surface area contributed by atoms with Crippen LogP contribution in [0.15, 0.2) is 18.2 Å². The molecule has 1 aromatic rings. The zero-order valence-electron chi connectivity index (χ0n) is 7.04. The van der Waals surface area contributed by atoms with Crippen molar-refractivity contribution in [3.05, 3.63) is 33.9 Å². The summed E-state index contributed by atoms with van der Waals surface area (Å²) in [7, 11) is 0. The zero-order valence-corrected chi connectivity index (χ0v) is 7.04. The second kappa shape index (κ2) is 3.72. The van der Waals surface area contributed by atoms with Crippen molar-refractivity contribution in [2.24, 2.45) is 5.73 Å². The van der Waals surface area contributed by atoms with Crippen molar-refractivity contribution in [1.29, 1.82) is 5.26 Å². The minimum atomic E-state index is -1.11. The third-order valence-electron chi connectivity index (χ3n) is 1.68. The summed E-state index contributed by atoms with van der Waals surface area (Å²) in [6.07, 6.45) is 0. The molecular weight excluding hydrogens is 186 g/mol. The Morgan fingerprint density at radius 3 is 2.79 bits per heavy atom. The van der Waals surface area contributed by atoms with E-state index >= 15 is 0 Å². The maximum absolute atomic E-state index is 10.5. The number of phenolic OH excluding ortho intramolecular Hbond substituents is 1. The molecule has 1 aromatic carbocycles. The van der Waals surface area contributed by atoms with Crippen molar-refractivity contribution >= 4 is 5.69 Å². The number of hydrogen-bond acceptors (Lipinski definition) is 5. The molecule has 0 amide bonds. The minimum absolute atomic E-state index is 0.0116. The molecule has 0 radical (unpaired) electrons. The van der Waals surface area contributed by atoms with Gasteiger partial charge in [-0.1, -0.05) is 0 Å². The van der Waals surface area contributed by atoms with Crippen molar-refractivity contribution < 1.29 is 10.0 Å². The number of aromatic hydroxyl groups is 1. The summed E-state index contributed by atoms with van der Waals surface area (Å²) in [5, 5.41) is 28.1. The molecule has 0 bridgehead atoms. The molecular formula is C8H7N3O3. The second-order valence-corrected chi connectivity index (χ2v) is 2.61. The van der Waals surface area contributed by atoms with Gasteiger partial charge in [-0.05, 0) is 12.1 Å². The van der Waals surface area contributed by atoms with Crippen molar-refractivity contribution in [3.8, 4) is 11.8 Å². The normalized spacial score (nSPS) is 11.7. The first-order valence-corrected chi connectivity index (χ1v) is 3.68. The van der Waals surface area contributed by atoms with Gasteiger partial charge in [0.25, 0.3) is 5.69 Å². The molecule has 0 saturated carbocycles. The van der Waals surface area contributed by atoms with E-state index < -0.39 is 11.0 Å². The topological polar surface area (TPSA) is 113 Å². The predicted molar refractivity (Wildman–Crippen MR) is 47.3 cm³/mol. The Balaban J connectivity index is 3.31. The predicted octanol–water partition coefficient (Wildman–Crippen LogP) is 0.824. The van der Waals surface area contributed by atoms with E-state index in [9.17, 15) is 10.1 Å². The van der Waals surface area contributed by atoms with Crippen LogP contribution in [0.3, 0.4) is 0 Å². The number of rotatable bonds is 2. The van der Waals surface area contributed by atoms with Crippen LogP contribution in [0.2, 0.25) is 0 Å². The molecule has 0 fully saturated rings. The van der Waals surface area contributed by atoms with Gasteiger partial charge >= 0.3 is 0 Å². The van der Waals surface area contributed by atoms with E-state index in [-0.39, 0.29) is 17.0 Å². The van der Waals surface area contributed by atoms with E-state index in [1.54, 1.807) is 6.07 Å². The molecule has 0 heterocycles. The summed E-state index contributed by atoms with van der Waals surface area (Å²) in [4.78, 5) is 9.87. The average molecular weight is 193 g/mol. The van der Waals surface area contributed by atoms with E-state index in [2.05, 4.69) is 0 Å². The molecule has 1 rings (SSSR count). The van der Waals surface area contributed by atoms with Crippen molar-refractivity contribution in [2.75, 3.05) is 0 Å². The Labute approximate surface area is 79.3 Å². The molecule has 1 atom stereocenters. The Kier molecular flexibility index (Phi) is 2.65. The lowest BCUT2D eigenvalue weighted by molar-refractivity contribution is -0.385. The van der Waals surface area contributed by atoms with Crippen LogP contribution in [0, 0.1) is 21.4 Å². The molecule has 72 valence electrons. The first-order chi connectivity index (χ1) is 6.56. The summed E-state index contributed by atoms with van der Waals surface area (Å²) < 4.78 is 0. The molecule has 0 unspecified atom stereocenters. The van der Waals surface area contributed by atoms with Crippen LogP contribution in [0.4, 0.5) is 5.69 Å². The highest BCUT2D eigenvalue weighted by Gasteiger charge is 2.19. The molecule has 0 aliphatic heterocycles. The van der Waals surface area contributed by atoms with Crippen molar-refractivity contribution in [2.45, 2.75) is 6.04 Å². The summed E-state index contributed by atoms with van der Waals surface area (Å²) in [6, 6.07) is 3.96. The summed E-state index contributed by atoms with van der Waals surface area (Å²) in [5.74, 6) is -0.156. The van der Waals surface area contributed by atoms with E-state index in [4.69, 9.17) is 16.1 Å². The summed E-state index contributed by atoms with van der Waals surface area (Å²) in [6.45, 7) is 0. The number of benzene rings is 1. The summed E-state index contributed by atoms with van der Waals surface area (Å²) in [5.41, 5.74) is 5.07. The monoisotopic (exact) mass is 193 g/mol. The second-order valence-electron chi connectivity index (χ2n) is 2.61. The fourth-order valence-corrected chi connectivity index (χ4v) is 1.03. The standard InChI is InChI=1S/C8H7N3O3/c9-4-7(10)6-3-5(12)1-2-8(6)11(13)14/h1-3,7,12H,10H2/t7-/m0/s1. The number of nitrogens with zero attached hydrogens (tertiary/aromatic N) is 2. The van der Waals surface area contributed by atoms with E-state index in [1.165, 1.54) is 6.07 Å². The van der Waals surface area contributed by atoms with Gasteiger partial charge in [-0.2, -0.15) is 5.26 Å².